The molecule has 2 aromatic carbocycles. The molecule has 10 nitrogen and oxygen atoms in total. The summed E-state index contributed by atoms with van der Waals surface area (Å²) in [6.07, 6.45) is 0.394. The molecule has 1 saturated heterocycles. The molecule has 2 heterocycles. The van der Waals surface area contributed by atoms with Gasteiger partial charge in [-0.3, -0.25) is 15.0 Å². The lowest BCUT2D eigenvalue weighted by molar-refractivity contribution is -0.140. The summed E-state index contributed by atoms with van der Waals surface area (Å²) in [5.74, 6) is -0.756. The molecule has 1 aromatic heterocycles. The zero-order chi connectivity index (χ0) is 27.1. The first-order chi connectivity index (χ1) is 18.4. The van der Waals surface area contributed by atoms with Crippen molar-refractivity contribution in [3.05, 3.63) is 95.4 Å². The predicted molar refractivity (Wildman–Crippen MR) is 140 cm³/mol. The number of hydrogen-bond acceptors (Lipinski definition) is 6. The van der Waals surface area contributed by atoms with Crippen LogP contribution in [0.5, 0.6) is 0 Å². The second kappa shape index (κ2) is 12.1. The van der Waals surface area contributed by atoms with Gasteiger partial charge in [-0.2, -0.15) is 0 Å². The van der Waals surface area contributed by atoms with Gasteiger partial charge in [-0.15, -0.1) is 0 Å². The molecule has 10 heteroatoms. The summed E-state index contributed by atoms with van der Waals surface area (Å²) in [5, 5.41) is 13.0. The zero-order valence-electron chi connectivity index (χ0n) is 21.1. The standard InChI is InChI=1S/C28H31N5O5/c1-37-28(36)32-24(23(18-9-4-2-5-10-18)19-11-6-3-7-12-19)27(35)33-16-8-13-21(33)26(34)31-17-20-14-15-22(38-20)25(29)30/h2-7,9-12,14-15,21,23-24H,8,13,16-17H2,1H3,(H3,29,30)(H,31,34)(H,32,36)/t21?,24-/m1/s1. The molecule has 1 unspecified atom stereocenters. The Balaban J connectivity index is 1.59. The van der Waals surface area contributed by atoms with Crippen molar-refractivity contribution in [2.24, 2.45) is 5.73 Å². The number of nitrogen functional groups attached to an aromatic ring is 1. The van der Waals surface area contributed by atoms with Gasteiger partial charge in [-0.25, -0.2) is 4.79 Å². The monoisotopic (exact) mass is 517 g/mol. The van der Waals surface area contributed by atoms with E-state index < -0.39 is 24.1 Å². The average molecular weight is 518 g/mol. The van der Waals surface area contributed by atoms with E-state index in [9.17, 15) is 14.4 Å². The lowest BCUT2D eigenvalue weighted by atomic mass is 9.84. The molecule has 0 aliphatic carbocycles. The second-order valence-corrected chi connectivity index (χ2v) is 9.00. The van der Waals surface area contributed by atoms with Gasteiger partial charge >= 0.3 is 6.09 Å². The molecule has 0 bridgehead atoms. The quantitative estimate of drug-likeness (QED) is 0.253. The lowest BCUT2D eigenvalue weighted by Crippen LogP contribution is -2.55. The maximum atomic E-state index is 14.1. The van der Waals surface area contributed by atoms with Crippen molar-refractivity contribution in [1.82, 2.24) is 15.5 Å². The third-order valence-corrected chi connectivity index (χ3v) is 6.58. The highest BCUT2D eigenvalue weighted by molar-refractivity contribution is 5.93. The highest BCUT2D eigenvalue weighted by Crippen LogP contribution is 2.31. The second-order valence-electron chi connectivity index (χ2n) is 9.00. The number of likely N-dealkylation sites (tertiary alicyclic amines) is 1. The van der Waals surface area contributed by atoms with Crippen LogP contribution in [0, 0.1) is 5.41 Å². The highest BCUT2D eigenvalue weighted by Gasteiger charge is 2.41. The van der Waals surface area contributed by atoms with E-state index in [4.69, 9.17) is 20.3 Å². The van der Waals surface area contributed by atoms with E-state index in [1.165, 1.54) is 12.0 Å². The normalized spacial score (nSPS) is 15.6. The van der Waals surface area contributed by atoms with Gasteiger partial charge in [0.1, 0.15) is 17.8 Å². The Morgan fingerprint density at radius 1 is 1.05 bits per heavy atom. The highest BCUT2D eigenvalue weighted by atomic mass is 16.5. The van der Waals surface area contributed by atoms with E-state index in [0.29, 0.717) is 25.1 Å². The van der Waals surface area contributed by atoms with Crippen LogP contribution < -0.4 is 16.4 Å². The maximum absolute atomic E-state index is 14.1. The number of carbonyl (C=O) groups excluding carboxylic acids is 3. The summed E-state index contributed by atoms with van der Waals surface area (Å²) in [7, 11) is 1.25. The fourth-order valence-corrected chi connectivity index (χ4v) is 4.76. The third kappa shape index (κ3) is 6.03. The topological polar surface area (TPSA) is 151 Å². The number of hydrogen-bond donors (Lipinski definition) is 4. The molecule has 0 radical (unpaired) electrons. The largest absolute Gasteiger partial charge is 0.456 e. The van der Waals surface area contributed by atoms with Crippen molar-refractivity contribution >= 4 is 23.7 Å². The average Bonchev–Trinajstić information content (AvgIpc) is 3.62. The van der Waals surface area contributed by atoms with Gasteiger partial charge in [0, 0.05) is 12.5 Å². The lowest BCUT2D eigenvalue weighted by Gasteiger charge is -2.33. The van der Waals surface area contributed by atoms with Crippen molar-refractivity contribution in [3.8, 4) is 0 Å². The number of ether oxygens (including phenoxy) is 1. The van der Waals surface area contributed by atoms with Crippen LogP contribution in [-0.2, 0) is 20.9 Å². The Hall–Kier alpha value is -4.60. The smallest absolute Gasteiger partial charge is 0.407 e. The SMILES string of the molecule is COC(=O)N[C@@H](C(=O)N1CCCC1C(=O)NCc1ccc(C(=N)N)o1)C(c1ccccc1)c1ccccc1. The van der Waals surface area contributed by atoms with Gasteiger partial charge in [0.2, 0.25) is 11.8 Å². The van der Waals surface area contributed by atoms with E-state index in [0.717, 1.165) is 11.1 Å². The van der Waals surface area contributed by atoms with Crippen LogP contribution in [0.25, 0.3) is 0 Å². The Morgan fingerprint density at radius 3 is 2.24 bits per heavy atom. The molecule has 0 saturated carbocycles. The summed E-state index contributed by atoms with van der Waals surface area (Å²) in [6, 6.07) is 20.4. The molecule has 2 atom stereocenters. The Kier molecular flexibility index (Phi) is 8.42. The Morgan fingerprint density at radius 2 is 1.68 bits per heavy atom. The van der Waals surface area contributed by atoms with Crippen molar-refractivity contribution < 1.29 is 23.5 Å². The summed E-state index contributed by atoms with van der Waals surface area (Å²) in [6.45, 7) is 0.465. The molecule has 1 fully saturated rings. The maximum Gasteiger partial charge on any atom is 0.407 e. The number of benzene rings is 2. The fraction of sp³-hybridized carbons (Fsp3) is 0.286. The number of methoxy groups -OCH3 is 1. The van der Waals surface area contributed by atoms with Crippen LogP contribution in [0.15, 0.2) is 77.2 Å². The number of amides is 3. The first kappa shape index (κ1) is 26.5. The number of nitrogens with two attached hydrogens (primary N) is 1. The molecular weight excluding hydrogens is 486 g/mol. The molecule has 1 aliphatic rings. The first-order valence-corrected chi connectivity index (χ1v) is 12.3. The summed E-state index contributed by atoms with van der Waals surface area (Å²) >= 11 is 0. The van der Waals surface area contributed by atoms with Crippen LogP contribution in [0.2, 0.25) is 0 Å². The molecule has 38 heavy (non-hydrogen) atoms. The first-order valence-electron chi connectivity index (χ1n) is 12.3. The minimum atomic E-state index is -1.01. The van der Waals surface area contributed by atoms with Crippen molar-refractivity contribution in [2.75, 3.05) is 13.7 Å². The number of amidine groups is 1. The molecule has 1 aliphatic heterocycles. The van der Waals surface area contributed by atoms with Crippen LogP contribution in [0.1, 0.15) is 41.4 Å². The Labute approximate surface area is 220 Å². The number of nitrogens with zero attached hydrogens (tertiary/aromatic N) is 1. The van der Waals surface area contributed by atoms with Crippen molar-refractivity contribution in [1.29, 1.82) is 5.41 Å². The van der Waals surface area contributed by atoms with Crippen LogP contribution in [0.3, 0.4) is 0 Å². The Bertz CT molecular complexity index is 1240. The summed E-state index contributed by atoms with van der Waals surface area (Å²) in [4.78, 5) is 41.2. The van der Waals surface area contributed by atoms with Gasteiger partial charge < -0.3 is 30.4 Å². The van der Waals surface area contributed by atoms with E-state index >= 15 is 0 Å². The van der Waals surface area contributed by atoms with Gasteiger partial charge in [0.25, 0.3) is 0 Å². The molecule has 5 N–H and O–H groups in total. The number of nitrogens with one attached hydrogen (secondary N) is 3. The number of furan rings is 1. The van der Waals surface area contributed by atoms with Crippen molar-refractivity contribution in [2.45, 2.75) is 37.4 Å². The van der Waals surface area contributed by atoms with Gasteiger partial charge in [-0.05, 0) is 36.1 Å². The fourth-order valence-electron chi connectivity index (χ4n) is 4.76. The van der Waals surface area contributed by atoms with Gasteiger partial charge in [-0.1, -0.05) is 60.7 Å². The predicted octanol–water partition coefficient (Wildman–Crippen LogP) is 2.73. The van der Waals surface area contributed by atoms with Gasteiger partial charge in [0.05, 0.1) is 13.7 Å². The molecule has 198 valence electrons. The van der Waals surface area contributed by atoms with Crippen LogP contribution in [-0.4, -0.2) is 54.4 Å². The summed E-state index contributed by atoms with van der Waals surface area (Å²) < 4.78 is 10.3. The van der Waals surface area contributed by atoms with E-state index in [2.05, 4.69) is 10.6 Å². The van der Waals surface area contributed by atoms with Crippen LogP contribution in [0.4, 0.5) is 4.79 Å². The minimum Gasteiger partial charge on any atom is -0.456 e. The molecule has 3 aromatic rings. The number of alkyl carbamates (subject to hydrolysis) is 1. The molecule has 4 rings (SSSR count). The molecule has 0 spiro atoms. The molecular formula is C28H31N5O5. The molecule has 3 amide bonds. The third-order valence-electron chi connectivity index (χ3n) is 6.58. The van der Waals surface area contributed by atoms with Gasteiger partial charge in [0.15, 0.2) is 11.6 Å². The minimum absolute atomic E-state index is 0.0884. The number of rotatable bonds is 9. The van der Waals surface area contributed by atoms with Crippen LogP contribution >= 0.6 is 0 Å². The summed E-state index contributed by atoms with van der Waals surface area (Å²) in [5.41, 5.74) is 7.12. The van der Waals surface area contributed by atoms with E-state index in [-0.39, 0.29) is 30.0 Å². The van der Waals surface area contributed by atoms with Crippen molar-refractivity contribution in [3.63, 3.8) is 0 Å². The zero-order valence-corrected chi connectivity index (χ0v) is 21.1. The van der Waals surface area contributed by atoms with E-state index in [1.54, 1.807) is 12.1 Å². The number of carbonyl (C=O) groups is 3. The van der Waals surface area contributed by atoms with E-state index in [1.807, 2.05) is 60.7 Å².